The molecule has 0 aromatic heterocycles. The fourth-order valence-electron chi connectivity index (χ4n) is 2.32. The molecule has 0 unspecified atom stereocenters. The summed E-state index contributed by atoms with van der Waals surface area (Å²) in [5.74, 6) is 0.802. The van der Waals surface area contributed by atoms with E-state index in [2.05, 4.69) is 0 Å². The van der Waals surface area contributed by atoms with Crippen molar-refractivity contribution in [3.63, 3.8) is 0 Å². The maximum absolute atomic E-state index is 12.1. The molecule has 1 aromatic rings. The molecule has 0 N–H and O–H groups in total. The van der Waals surface area contributed by atoms with Gasteiger partial charge in [-0.05, 0) is 24.3 Å². The highest BCUT2D eigenvalue weighted by molar-refractivity contribution is 5.78. The molecule has 1 fully saturated rings. The van der Waals surface area contributed by atoms with Crippen LogP contribution in [-0.2, 0) is 16.0 Å². The monoisotopic (exact) mass is 247 g/mol. The van der Waals surface area contributed by atoms with Crippen molar-refractivity contribution in [3.05, 3.63) is 35.9 Å². The average Bonchev–Trinajstić information content (AvgIpc) is 2.41. The molecule has 1 amide bonds. The first kappa shape index (κ1) is 13.1. The third-order valence-corrected chi connectivity index (χ3v) is 3.50. The molecule has 1 heterocycles. The highest BCUT2D eigenvalue weighted by atomic mass is 16.5. The fraction of sp³-hybridized carbons (Fsp3) is 0.533. The molecule has 0 atom stereocenters. The third kappa shape index (κ3) is 3.84. The van der Waals surface area contributed by atoms with Crippen LogP contribution in [0.2, 0.25) is 0 Å². The van der Waals surface area contributed by atoms with Gasteiger partial charge in [0.2, 0.25) is 5.91 Å². The highest BCUT2D eigenvalue weighted by Gasteiger charge is 2.18. The molecular weight excluding hydrogens is 226 g/mol. The molecule has 1 aliphatic heterocycles. The van der Waals surface area contributed by atoms with Crippen LogP contribution in [-0.4, -0.2) is 37.6 Å². The maximum Gasteiger partial charge on any atom is 0.226 e. The average molecular weight is 247 g/mol. The molecule has 0 saturated carbocycles. The van der Waals surface area contributed by atoms with Gasteiger partial charge in [-0.1, -0.05) is 30.3 Å². The number of carbonyl (C=O) groups is 1. The summed E-state index contributed by atoms with van der Waals surface area (Å²) in [4.78, 5) is 13.9. The van der Waals surface area contributed by atoms with E-state index >= 15 is 0 Å². The molecule has 3 nitrogen and oxygen atoms in total. The van der Waals surface area contributed by atoms with E-state index in [0.29, 0.717) is 12.3 Å². The summed E-state index contributed by atoms with van der Waals surface area (Å²) in [6, 6.07) is 9.92. The van der Waals surface area contributed by atoms with Crippen LogP contribution in [0, 0.1) is 5.92 Å². The van der Waals surface area contributed by atoms with E-state index in [1.165, 1.54) is 0 Å². The first-order valence-corrected chi connectivity index (χ1v) is 6.61. The number of rotatable bonds is 4. The largest absolute Gasteiger partial charge is 0.381 e. The zero-order chi connectivity index (χ0) is 12.8. The van der Waals surface area contributed by atoms with Crippen LogP contribution in [0.15, 0.2) is 30.3 Å². The SMILES string of the molecule is CN(CC1CCOCC1)C(=O)Cc1ccccc1. The number of nitrogens with zero attached hydrogens (tertiary/aromatic N) is 1. The Labute approximate surface area is 109 Å². The van der Waals surface area contributed by atoms with E-state index in [1.807, 2.05) is 42.3 Å². The number of likely N-dealkylation sites (N-methyl/N-ethyl adjacent to an activating group) is 1. The lowest BCUT2D eigenvalue weighted by atomic mass is 9.99. The molecule has 0 spiro atoms. The van der Waals surface area contributed by atoms with Crippen LogP contribution in [0.1, 0.15) is 18.4 Å². The normalized spacial score (nSPS) is 16.5. The second kappa shape index (κ2) is 6.55. The predicted molar refractivity (Wildman–Crippen MR) is 71.3 cm³/mol. The Morgan fingerprint density at radius 1 is 1.28 bits per heavy atom. The topological polar surface area (TPSA) is 29.5 Å². The quantitative estimate of drug-likeness (QED) is 0.815. The Kier molecular flexibility index (Phi) is 4.76. The van der Waals surface area contributed by atoms with Crippen LogP contribution < -0.4 is 0 Å². The molecule has 1 saturated heterocycles. The van der Waals surface area contributed by atoms with Crippen molar-refractivity contribution in [1.29, 1.82) is 0 Å². The van der Waals surface area contributed by atoms with Crippen LogP contribution in [0.3, 0.4) is 0 Å². The van der Waals surface area contributed by atoms with E-state index in [1.54, 1.807) is 0 Å². The fourth-order valence-corrected chi connectivity index (χ4v) is 2.32. The molecule has 18 heavy (non-hydrogen) atoms. The number of hydrogen-bond donors (Lipinski definition) is 0. The summed E-state index contributed by atoms with van der Waals surface area (Å²) in [7, 11) is 1.90. The van der Waals surface area contributed by atoms with Crippen LogP contribution >= 0.6 is 0 Å². The van der Waals surface area contributed by atoms with Gasteiger partial charge in [0.25, 0.3) is 0 Å². The zero-order valence-corrected chi connectivity index (χ0v) is 11.0. The van der Waals surface area contributed by atoms with Gasteiger partial charge in [0.1, 0.15) is 0 Å². The van der Waals surface area contributed by atoms with Crippen molar-refractivity contribution in [2.75, 3.05) is 26.8 Å². The summed E-state index contributed by atoms with van der Waals surface area (Å²) in [6.07, 6.45) is 2.65. The molecule has 3 heteroatoms. The van der Waals surface area contributed by atoms with Crippen LogP contribution in [0.25, 0.3) is 0 Å². The Hall–Kier alpha value is -1.35. The Morgan fingerprint density at radius 2 is 1.94 bits per heavy atom. The maximum atomic E-state index is 12.1. The van der Waals surface area contributed by atoms with E-state index in [0.717, 1.165) is 38.2 Å². The van der Waals surface area contributed by atoms with Gasteiger partial charge in [-0.15, -0.1) is 0 Å². The van der Waals surface area contributed by atoms with E-state index in [4.69, 9.17) is 4.74 Å². The van der Waals surface area contributed by atoms with Gasteiger partial charge in [0.15, 0.2) is 0 Å². The van der Waals surface area contributed by atoms with Gasteiger partial charge in [-0.2, -0.15) is 0 Å². The Bertz CT molecular complexity index is 371. The van der Waals surface area contributed by atoms with Gasteiger partial charge in [0.05, 0.1) is 6.42 Å². The highest BCUT2D eigenvalue weighted by Crippen LogP contribution is 2.16. The van der Waals surface area contributed by atoms with Crippen molar-refractivity contribution >= 4 is 5.91 Å². The Balaban J connectivity index is 1.81. The number of amides is 1. The number of benzene rings is 1. The van der Waals surface area contributed by atoms with Gasteiger partial charge < -0.3 is 9.64 Å². The van der Waals surface area contributed by atoms with Crippen molar-refractivity contribution in [1.82, 2.24) is 4.90 Å². The molecule has 2 rings (SSSR count). The van der Waals surface area contributed by atoms with Crippen molar-refractivity contribution in [2.45, 2.75) is 19.3 Å². The second-order valence-corrected chi connectivity index (χ2v) is 4.99. The first-order valence-electron chi connectivity index (χ1n) is 6.61. The minimum Gasteiger partial charge on any atom is -0.381 e. The predicted octanol–water partition coefficient (Wildman–Crippen LogP) is 2.11. The van der Waals surface area contributed by atoms with Crippen molar-refractivity contribution in [2.24, 2.45) is 5.92 Å². The number of carbonyl (C=O) groups excluding carboxylic acids is 1. The minimum atomic E-state index is 0.202. The number of ether oxygens (including phenoxy) is 1. The second-order valence-electron chi connectivity index (χ2n) is 4.99. The molecule has 0 aliphatic carbocycles. The van der Waals surface area contributed by atoms with E-state index < -0.39 is 0 Å². The van der Waals surface area contributed by atoms with Gasteiger partial charge in [-0.3, -0.25) is 4.79 Å². The zero-order valence-electron chi connectivity index (χ0n) is 11.0. The van der Waals surface area contributed by atoms with E-state index in [-0.39, 0.29) is 5.91 Å². The Morgan fingerprint density at radius 3 is 2.61 bits per heavy atom. The molecular formula is C15H21NO2. The summed E-state index contributed by atoms with van der Waals surface area (Å²) in [5.41, 5.74) is 1.08. The van der Waals surface area contributed by atoms with Crippen molar-refractivity contribution < 1.29 is 9.53 Å². The molecule has 0 radical (unpaired) electrons. The van der Waals surface area contributed by atoms with Crippen LogP contribution in [0.4, 0.5) is 0 Å². The van der Waals surface area contributed by atoms with Crippen molar-refractivity contribution in [3.8, 4) is 0 Å². The smallest absolute Gasteiger partial charge is 0.226 e. The van der Waals surface area contributed by atoms with Gasteiger partial charge in [-0.25, -0.2) is 0 Å². The van der Waals surface area contributed by atoms with E-state index in [9.17, 15) is 4.79 Å². The summed E-state index contributed by atoms with van der Waals surface area (Å²) in [5, 5.41) is 0. The first-order chi connectivity index (χ1) is 8.75. The minimum absolute atomic E-state index is 0.202. The molecule has 0 bridgehead atoms. The lowest BCUT2D eigenvalue weighted by Gasteiger charge is -2.27. The molecule has 1 aliphatic rings. The van der Waals surface area contributed by atoms with Gasteiger partial charge in [0, 0.05) is 26.8 Å². The number of hydrogen-bond acceptors (Lipinski definition) is 2. The summed E-state index contributed by atoms with van der Waals surface area (Å²) in [6.45, 7) is 2.53. The summed E-state index contributed by atoms with van der Waals surface area (Å²) < 4.78 is 5.33. The lowest BCUT2D eigenvalue weighted by Crippen LogP contribution is -2.35. The van der Waals surface area contributed by atoms with Crippen LogP contribution in [0.5, 0.6) is 0 Å². The molecule has 98 valence electrons. The lowest BCUT2D eigenvalue weighted by molar-refractivity contribution is -0.130. The third-order valence-electron chi connectivity index (χ3n) is 3.50. The molecule has 1 aromatic carbocycles. The van der Waals surface area contributed by atoms with Gasteiger partial charge >= 0.3 is 0 Å². The summed E-state index contributed by atoms with van der Waals surface area (Å²) >= 11 is 0. The standard InChI is InChI=1S/C15H21NO2/c1-16(12-14-7-9-18-10-8-14)15(17)11-13-5-3-2-4-6-13/h2-6,14H,7-12H2,1H3.